The first-order valence-corrected chi connectivity index (χ1v) is 9.64. The lowest BCUT2D eigenvalue weighted by Crippen LogP contribution is -2.21. The van der Waals surface area contributed by atoms with Crippen molar-refractivity contribution in [3.05, 3.63) is 58.7 Å². The number of aryl methyl sites for hydroxylation is 4. The minimum absolute atomic E-state index is 0.0804. The molecule has 0 bridgehead atoms. The van der Waals surface area contributed by atoms with E-state index in [0.29, 0.717) is 12.1 Å². The maximum atomic E-state index is 12.1. The van der Waals surface area contributed by atoms with Crippen LogP contribution in [0.15, 0.2) is 36.4 Å². The highest BCUT2D eigenvalue weighted by Crippen LogP contribution is 2.17. The molecule has 0 heterocycles. The van der Waals surface area contributed by atoms with Crippen LogP contribution < -0.4 is 10.6 Å². The zero-order chi connectivity index (χ0) is 21.4. The monoisotopic (exact) mass is 396 g/mol. The van der Waals surface area contributed by atoms with E-state index in [1.807, 2.05) is 64.1 Å². The van der Waals surface area contributed by atoms with Crippen molar-refractivity contribution in [2.24, 2.45) is 0 Å². The van der Waals surface area contributed by atoms with Gasteiger partial charge in [-0.3, -0.25) is 14.4 Å². The number of hydrogen-bond donors (Lipinski definition) is 2. The van der Waals surface area contributed by atoms with Crippen LogP contribution in [0.2, 0.25) is 0 Å². The summed E-state index contributed by atoms with van der Waals surface area (Å²) < 4.78 is 4.99. The molecule has 2 aromatic carbocycles. The molecule has 154 valence electrons. The summed E-state index contributed by atoms with van der Waals surface area (Å²) in [5.74, 6) is -1.05. The number of carbonyl (C=O) groups excluding carboxylic acids is 3. The molecule has 0 spiro atoms. The molecule has 0 saturated carbocycles. The van der Waals surface area contributed by atoms with Crippen molar-refractivity contribution in [1.82, 2.24) is 0 Å². The van der Waals surface area contributed by atoms with E-state index >= 15 is 0 Å². The third-order valence-electron chi connectivity index (χ3n) is 4.32. The fourth-order valence-electron chi connectivity index (χ4n) is 2.94. The molecule has 6 heteroatoms. The van der Waals surface area contributed by atoms with Gasteiger partial charge in [-0.1, -0.05) is 18.2 Å². The van der Waals surface area contributed by atoms with Crippen molar-refractivity contribution in [2.45, 2.75) is 47.0 Å². The second-order valence-corrected chi connectivity index (χ2v) is 7.31. The average molecular weight is 396 g/mol. The van der Waals surface area contributed by atoms with E-state index < -0.39 is 11.9 Å². The summed E-state index contributed by atoms with van der Waals surface area (Å²) in [7, 11) is 0. The Bertz CT molecular complexity index is 885. The number of nitrogens with one attached hydrogen (secondary N) is 2. The second kappa shape index (κ2) is 10.4. The van der Waals surface area contributed by atoms with Crippen LogP contribution in [-0.4, -0.2) is 24.4 Å². The molecular formula is C23H28N2O4. The molecule has 2 amide bonds. The highest BCUT2D eigenvalue weighted by molar-refractivity contribution is 5.93. The van der Waals surface area contributed by atoms with Gasteiger partial charge in [0.25, 0.3) is 5.91 Å². The van der Waals surface area contributed by atoms with Gasteiger partial charge in [-0.15, -0.1) is 0 Å². The highest BCUT2D eigenvalue weighted by Gasteiger charge is 2.10. The Balaban J connectivity index is 1.68. The van der Waals surface area contributed by atoms with Gasteiger partial charge in [-0.2, -0.15) is 0 Å². The second-order valence-electron chi connectivity index (χ2n) is 7.31. The summed E-state index contributed by atoms with van der Waals surface area (Å²) in [4.78, 5) is 35.8. The summed E-state index contributed by atoms with van der Waals surface area (Å²) >= 11 is 0. The molecule has 0 atom stereocenters. The van der Waals surface area contributed by atoms with Crippen molar-refractivity contribution in [2.75, 3.05) is 17.2 Å². The van der Waals surface area contributed by atoms with Crippen LogP contribution in [0.1, 0.15) is 41.5 Å². The fraction of sp³-hybridized carbons (Fsp3) is 0.348. The lowest BCUT2D eigenvalue weighted by atomic mass is 10.1. The van der Waals surface area contributed by atoms with Gasteiger partial charge in [0, 0.05) is 24.2 Å². The van der Waals surface area contributed by atoms with Gasteiger partial charge in [-0.05, 0) is 74.6 Å². The van der Waals surface area contributed by atoms with Crippen molar-refractivity contribution < 1.29 is 19.1 Å². The number of benzene rings is 2. The van der Waals surface area contributed by atoms with Crippen molar-refractivity contribution in [3.8, 4) is 0 Å². The van der Waals surface area contributed by atoms with Gasteiger partial charge in [0.1, 0.15) is 0 Å². The van der Waals surface area contributed by atoms with E-state index in [0.717, 1.165) is 27.9 Å². The normalized spacial score (nSPS) is 10.3. The minimum atomic E-state index is -0.500. The molecule has 6 nitrogen and oxygen atoms in total. The molecule has 2 N–H and O–H groups in total. The van der Waals surface area contributed by atoms with Gasteiger partial charge in [-0.25, -0.2) is 0 Å². The molecule has 0 fully saturated rings. The van der Waals surface area contributed by atoms with E-state index in [9.17, 15) is 14.4 Å². The minimum Gasteiger partial charge on any atom is -0.456 e. The first-order chi connectivity index (χ1) is 13.7. The molecule has 0 aliphatic heterocycles. The number of amides is 2. The smallest absolute Gasteiger partial charge is 0.306 e. The standard InChI is InChI=1S/C23H28N2O4/c1-15-8-9-18(4)20(13-15)25-21(26)6-5-7-23(28)29-14-22(27)24-19-11-16(2)10-17(3)12-19/h8-13H,5-7,14H2,1-4H3,(H,24,27)(H,25,26). The molecule has 0 aliphatic carbocycles. The topological polar surface area (TPSA) is 84.5 Å². The number of rotatable bonds is 8. The zero-order valence-electron chi connectivity index (χ0n) is 17.4. The molecule has 29 heavy (non-hydrogen) atoms. The first-order valence-electron chi connectivity index (χ1n) is 9.64. The van der Waals surface area contributed by atoms with Crippen LogP contribution in [0.3, 0.4) is 0 Å². The summed E-state index contributed by atoms with van der Waals surface area (Å²) in [6.45, 7) is 7.43. The third kappa shape index (κ3) is 7.78. The Morgan fingerprint density at radius 1 is 0.793 bits per heavy atom. The quantitative estimate of drug-likeness (QED) is 0.655. The number of esters is 1. The predicted octanol–water partition coefficient (Wildman–Crippen LogP) is 4.21. The zero-order valence-corrected chi connectivity index (χ0v) is 17.4. The molecule has 0 radical (unpaired) electrons. The lowest BCUT2D eigenvalue weighted by molar-refractivity contribution is -0.147. The van der Waals surface area contributed by atoms with Gasteiger partial charge in [0.15, 0.2) is 6.61 Å². The Morgan fingerprint density at radius 3 is 2.17 bits per heavy atom. The summed E-state index contributed by atoms with van der Waals surface area (Å²) in [5, 5.41) is 5.57. The maximum Gasteiger partial charge on any atom is 0.306 e. The summed E-state index contributed by atoms with van der Waals surface area (Å²) in [5.41, 5.74) is 5.58. The molecule has 2 rings (SSSR count). The summed E-state index contributed by atoms with van der Waals surface area (Å²) in [6.07, 6.45) is 0.641. The number of ether oxygens (including phenoxy) is 1. The van der Waals surface area contributed by atoms with E-state index in [-0.39, 0.29) is 25.4 Å². The van der Waals surface area contributed by atoms with Crippen molar-refractivity contribution in [3.63, 3.8) is 0 Å². The molecule has 2 aromatic rings. The van der Waals surface area contributed by atoms with Crippen molar-refractivity contribution >= 4 is 29.2 Å². The lowest BCUT2D eigenvalue weighted by Gasteiger charge is -2.10. The number of carbonyl (C=O) groups is 3. The van der Waals surface area contributed by atoms with E-state index in [2.05, 4.69) is 10.6 Å². The van der Waals surface area contributed by atoms with E-state index in [1.165, 1.54) is 0 Å². The summed E-state index contributed by atoms with van der Waals surface area (Å²) in [6, 6.07) is 11.5. The van der Waals surface area contributed by atoms with Gasteiger partial charge < -0.3 is 15.4 Å². The fourth-order valence-corrected chi connectivity index (χ4v) is 2.94. The van der Waals surface area contributed by atoms with E-state index in [4.69, 9.17) is 4.74 Å². The van der Waals surface area contributed by atoms with Crippen LogP contribution in [-0.2, 0) is 19.1 Å². The van der Waals surface area contributed by atoms with Crippen LogP contribution in [0, 0.1) is 27.7 Å². The van der Waals surface area contributed by atoms with Gasteiger partial charge in [0.2, 0.25) is 5.91 Å². The largest absolute Gasteiger partial charge is 0.456 e. The Kier molecular flexibility index (Phi) is 7.95. The van der Waals surface area contributed by atoms with Gasteiger partial charge >= 0.3 is 5.97 Å². The average Bonchev–Trinajstić information content (AvgIpc) is 2.62. The van der Waals surface area contributed by atoms with Crippen LogP contribution in [0.4, 0.5) is 11.4 Å². The Morgan fingerprint density at radius 2 is 1.48 bits per heavy atom. The van der Waals surface area contributed by atoms with Gasteiger partial charge in [0.05, 0.1) is 0 Å². The Hall–Kier alpha value is -3.15. The molecule has 0 aromatic heterocycles. The SMILES string of the molecule is Cc1cc(C)cc(NC(=O)COC(=O)CCCC(=O)Nc2cc(C)ccc2C)c1. The Labute approximate surface area is 171 Å². The molecule has 0 aliphatic rings. The third-order valence-corrected chi connectivity index (χ3v) is 4.32. The molecular weight excluding hydrogens is 368 g/mol. The first kappa shape index (κ1) is 22.1. The van der Waals surface area contributed by atoms with Crippen molar-refractivity contribution in [1.29, 1.82) is 0 Å². The maximum absolute atomic E-state index is 12.1. The molecule has 0 saturated heterocycles. The van der Waals surface area contributed by atoms with Crippen LogP contribution >= 0.6 is 0 Å². The number of hydrogen-bond acceptors (Lipinski definition) is 4. The highest BCUT2D eigenvalue weighted by atomic mass is 16.5. The van der Waals surface area contributed by atoms with E-state index in [1.54, 1.807) is 0 Å². The number of anilines is 2. The van der Waals surface area contributed by atoms with Crippen LogP contribution in [0.25, 0.3) is 0 Å². The molecule has 0 unspecified atom stereocenters. The predicted molar refractivity (Wildman–Crippen MR) is 114 cm³/mol. The van der Waals surface area contributed by atoms with Crippen LogP contribution in [0.5, 0.6) is 0 Å².